The number of piperazine rings is 1. The number of hydrogen-bond donors (Lipinski definition) is 2. The first-order chi connectivity index (χ1) is 9.72. The second kappa shape index (κ2) is 6.90. The first-order valence-corrected chi connectivity index (χ1v) is 6.42. The zero-order valence-corrected chi connectivity index (χ0v) is 11.7. The highest BCUT2D eigenvalue weighted by atomic mass is 16.5. The van der Waals surface area contributed by atoms with Crippen LogP contribution >= 0.6 is 0 Å². The molecule has 0 saturated carbocycles. The van der Waals surface area contributed by atoms with Crippen molar-refractivity contribution in [2.75, 3.05) is 52.3 Å². The lowest BCUT2D eigenvalue weighted by Crippen LogP contribution is -2.48. The largest absolute Gasteiger partial charge is 0.481 e. The van der Waals surface area contributed by atoms with Gasteiger partial charge in [0.05, 0.1) is 26.8 Å². The van der Waals surface area contributed by atoms with Gasteiger partial charge in [0.2, 0.25) is 23.6 Å². The van der Waals surface area contributed by atoms with E-state index in [0.29, 0.717) is 17.7 Å². The Morgan fingerprint density at radius 3 is 2.45 bits per heavy atom. The molecule has 2 rings (SSSR count). The van der Waals surface area contributed by atoms with Crippen LogP contribution in [0.1, 0.15) is 0 Å². The van der Waals surface area contributed by atoms with E-state index in [0.717, 1.165) is 26.2 Å². The first kappa shape index (κ1) is 14.3. The van der Waals surface area contributed by atoms with Gasteiger partial charge in [-0.15, -0.1) is 0 Å². The minimum Gasteiger partial charge on any atom is -0.481 e. The van der Waals surface area contributed by atoms with Crippen molar-refractivity contribution in [3.8, 4) is 11.8 Å². The Labute approximate surface area is 117 Å². The minimum absolute atomic E-state index is 0.0249. The van der Waals surface area contributed by atoms with E-state index in [1.54, 1.807) is 11.0 Å². The Bertz CT molecular complexity index is 440. The molecule has 20 heavy (non-hydrogen) atoms. The summed E-state index contributed by atoms with van der Waals surface area (Å²) in [5, 5.41) is 6.10. The lowest BCUT2D eigenvalue weighted by atomic mass is 10.3. The second-order valence-corrected chi connectivity index (χ2v) is 4.26. The fourth-order valence-corrected chi connectivity index (χ4v) is 1.87. The molecule has 0 spiro atoms. The topological polar surface area (TPSA) is 88.6 Å². The Balaban J connectivity index is 1.94. The summed E-state index contributed by atoms with van der Waals surface area (Å²) >= 11 is 0. The van der Waals surface area contributed by atoms with E-state index in [2.05, 4.69) is 20.6 Å². The zero-order chi connectivity index (χ0) is 14.4. The zero-order valence-electron chi connectivity index (χ0n) is 11.7. The van der Waals surface area contributed by atoms with Crippen molar-refractivity contribution >= 4 is 11.9 Å². The maximum Gasteiger partial charge on any atom is 0.242 e. The van der Waals surface area contributed by atoms with E-state index in [4.69, 9.17) is 9.47 Å². The highest BCUT2D eigenvalue weighted by Crippen LogP contribution is 2.17. The Morgan fingerprint density at radius 1 is 1.30 bits per heavy atom. The molecule has 1 aromatic rings. The van der Waals surface area contributed by atoms with E-state index in [1.165, 1.54) is 14.2 Å². The fourth-order valence-electron chi connectivity index (χ4n) is 1.87. The molecule has 2 N–H and O–H groups in total. The van der Waals surface area contributed by atoms with Crippen LogP contribution in [0.5, 0.6) is 11.8 Å². The summed E-state index contributed by atoms with van der Waals surface area (Å²) in [7, 11) is 3.02. The van der Waals surface area contributed by atoms with Crippen LogP contribution in [-0.4, -0.2) is 67.7 Å². The number of carbonyl (C=O) groups is 1. The number of ether oxygens (including phenoxy) is 2. The highest BCUT2D eigenvalue weighted by molar-refractivity contribution is 5.80. The van der Waals surface area contributed by atoms with Gasteiger partial charge in [0, 0.05) is 26.2 Å². The SMILES string of the molecule is COc1cc(OC)nc(NCC(=O)N2CCNCC2)n1. The molecule has 0 unspecified atom stereocenters. The summed E-state index contributed by atoms with van der Waals surface area (Å²) in [5.41, 5.74) is 0. The molecular formula is C12H19N5O3. The third-order valence-corrected chi connectivity index (χ3v) is 2.96. The summed E-state index contributed by atoms with van der Waals surface area (Å²) in [6.45, 7) is 3.26. The maximum atomic E-state index is 12.0. The van der Waals surface area contributed by atoms with E-state index >= 15 is 0 Å². The lowest BCUT2D eigenvalue weighted by Gasteiger charge is -2.27. The van der Waals surface area contributed by atoms with E-state index in [9.17, 15) is 4.79 Å². The molecule has 1 amide bonds. The monoisotopic (exact) mass is 281 g/mol. The van der Waals surface area contributed by atoms with Gasteiger partial charge < -0.3 is 25.0 Å². The second-order valence-electron chi connectivity index (χ2n) is 4.26. The van der Waals surface area contributed by atoms with E-state index in [-0.39, 0.29) is 12.5 Å². The number of nitrogens with one attached hydrogen (secondary N) is 2. The number of carbonyl (C=O) groups excluding carboxylic acids is 1. The molecular weight excluding hydrogens is 262 g/mol. The van der Waals surface area contributed by atoms with Crippen LogP contribution in [0.4, 0.5) is 5.95 Å². The average molecular weight is 281 g/mol. The molecule has 0 bridgehead atoms. The van der Waals surface area contributed by atoms with Crippen LogP contribution < -0.4 is 20.1 Å². The molecule has 0 atom stereocenters. The van der Waals surface area contributed by atoms with Gasteiger partial charge in [-0.25, -0.2) is 0 Å². The molecule has 0 radical (unpaired) electrons. The van der Waals surface area contributed by atoms with Crippen molar-refractivity contribution in [3.63, 3.8) is 0 Å². The number of hydrogen-bond acceptors (Lipinski definition) is 7. The number of nitrogens with zero attached hydrogens (tertiary/aromatic N) is 3. The van der Waals surface area contributed by atoms with Crippen molar-refractivity contribution in [2.24, 2.45) is 0 Å². The number of aromatic nitrogens is 2. The molecule has 110 valence electrons. The molecule has 8 heteroatoms. The Hall–Kier alpha value is -2.09. The van der Waals surface area contributed by atoms with Gasteiger partial charge in [-0.1, -0.05) is 0 Å². The molecule has 1 aromatic heterocycles. The molecule has 1 aliphatic heterocycles. The molecule has 0 aromatic carbocycles. The average Bonchev–Trinajstić information content (AvgIpc) is 2.53. The number of rotatable bonds is 5. The van der Waals surface area contributed by atoms with Gasteiger partial charge in [-0.2, -0.15) is 9.97 Å². The summed E-state index contributed by atoms with van der Waals surface area (Å²) in [4.78, 5) is 22.0. The van der Waals surface area contributed by atoms with Crippen LogP contribution in [0, 0.1) is 0 Å². The molecule has 1 aliphatic rings. The first-order valence-electron chi connectivity index (χ1n) is 6.42. The Morgan fingerprint density at radius 2 is 1.90 bits per heavy atom. The predicted octanol–water partition coefficient (Wildman–Crippen LogP) is -0.662. The van der Waals surface area contributed by atoms with Gasteiger partial charge in [0.25, 0.3) is 0 Å². The van der Waals surface area contributed by atoms with Gasteiger partial charge in [-0.05, 0) is 0 Å². The smallest absolute Gasteiger partial charge is 0.242 e. The van der Waals surface area contributed by atoms with Crippen molar-refractivity contribution in [3.05, 3.63) is 6.07 Å². The highest BCUT2D eigenvalue weighted by Gasteiger charge is 2.16. The van der Waals surface area contributed by atoms with E-state index in [1.807, 2.05) is 0 Å². The summed E-state index contributed by atoms with van der Waals surface area (Å²) in [6, 6.07) is 1.57. The van der Waals surface area contributed by atoms with Crippen molar-refractivity contribution in [1.82, 2.24) is 20.2 Å². The number of amides is 1. The van der Waals surface area contributed by atoms with Crippen LogP contribution in [-0.2, 0) is 4.79 Å². The quantitative estimate of drug-likeness (QED) is 0.740. The summed E-state index contributed by atoms with van der Waals surface area (Å²) < 4.78 is 10.1. The normalized spacial score (nSPS) is 14.8. The maximum absolute atomic E-state index is 12.0. The van der Waals surface area contributed by atoms with Gasteiger partial charge in [0.1, 0.15) is 0 Å². The van der Waals surface area contributed by atoms with Crippen molar-refractivity contribution < 1.29 is 14.3 Å². The third-order valence-electron chi connectivity index (χ3n) is 2.96. The standard InChI is InChI=1S/C12H19N5O3/c1-19-9-7-10(20-2)16-12(15-9)14-8-11(18)17-5-3-13-4-6-17/h7,13H,3-6,8H2,1-2H3,(H,14,15,16). The number of anilines is 1. The van der Waals surface area contributed by atoms with Crippen LogP contribution in [0.3, 0.4) is 0 Å². The summed E-state index contributed by atoms with van der Waals surface area (Å²) in [6.07, 6.45) is 0. The van der Waals surface area contributed by atoms with E-state index < -0.39 is 0 Å². The molecule has 2 heterocycles. The molecule has 1 fully saturated rings. The van der Waals surface area contributed by atoms with Crippen molar-refractivity contribution in [2.45, 2.75) is 0 Å². The van der Waals surface area contributed by atoms with Crippen LogP contribution in [0.25, 0.3) is 0 Å². The molecule has 1 saturated heterocycles. The minimum atomic E-state index is 0.0249. The van der Waals surface area contributed by atoms with Gasteiger partial charge >= 0.3 is 0 Å². The third kappa shape index (κ3) is 3.70. The van der Waals surface area contributed by atoms with Crippen molar-refractivity contribution in [1.29, 1.82) is 0 Å². The molecule has 0 aliphatic carbocycles. The van der Waals surface area contributed by atoms with Crippen LogP contribution in [0.2, 0.25) is 0 Å². The molecule has 8 nitrogen and oxygen atoms in total. The summed E-state index contributed by atoms with van der Waals surface area (Å²) in [5.74, 6) is 1.10. The van der Waals surface area contributed by atoms with Gasteiger partial charge in [-0.3, -0.25) is 4.79 Å². The fraction of sp³-hybridized carbons (Fsp3) is 0.583. The lowest BCUT2D eigenvalue weighted by molar-refractivity contribution is -0.129. The number of methoxy groups -OCH3 is 2. The Kier molecular flexibility index (Phi) is 4.94. The predicted molar refractivity (Wildman–Crippen MR) is 73.1 cm³/mol. The van der Waals surface area contributed by atoms with Gasteiger partial charge in [0.15, 0.2) is 0 Å². The van der Waals surface area contributed by atoms with Crippen LogP contribution in [0.15, 0.2) is 6.07 Å².